The van der Waals surface area contributed by atoms with Crippen LogP contribution in [0.2, 0.25) is 0 Å². The zero-order valence-electron chi connectivity index (χ0n) is 12.2. The summed E-state index contributed by atoms with van der Waals surface area (Å²) in [5, 5.41) is 3.82. The van der Waals surface area contributed by atoms with E-state index in [0.29, 0.717) is 29.2 Å². The molecule has 112 valence electrons. The maximum Gasteiger partial charge on any atom is 0.261 e. The fourth-order valence-corrected chi connectivity index (χ4v) is 3.27. The summed E-state index contributed by atoms with van der Waals surface area (Å²) >= 11 is 1.37. The van der Waals surface area contributed by atoms with Gasteiger partial charge in [0, 0.05) is 13.2 Å². The molecule has 1 fully saturated rings. The molecule has 0 spiro atoms. The molecule has 21 heavy (non-hydrogen) atoms. The van der Waals surface area contributed by atoms with E-state index in [1.165, 1.54) is 11.3 Å². The number of carbonyl (C=O) groups is 1. The van der Waals surface area contributed by atoms with Gasteiger partial charge in [0.05, 0.1) is 17.4 Å². The minimum atomic E-state index is -0.0339. The van der Waals surface area contributed by atoms with Crippen LogP contribution in [0.25, 0.3) is 10.2 Å². The molecular weight excluding hydrogens is 290 g/mol. The van der Waals surface area contributed by atoms with Gasteiger partial charge in [0.15, 0.2) is 5.82 Å². The molecule has 0 aromatic carbocycles. The van der Waals surface area contributed by atoms with E-state index in [9.17, 15) is 4.79 Å². The van der Waals surface area contributed by atoms with Crippen molar-refractivity contribution in [2.45, 2.75) is 32.4 Å². The van der Waals surface area contributed by atoms with Crippen LogP contribution in [-0.4, -0.2) is 36.1 Å². The molecule has 0 unspecified atom stereocenters. The number of amides is 1. The SMILES string of the molecule is COCc1nc(OC)c2c(C)c(C(=O)NC3CC3)sc2n1. The second-order valence-corrected chi connectivity index (χ2v) is 6.07. The number of nitrogens with one attached hydrogen (secondary N) is 1. The number of hydrogen-bond acceptors (Lipinski definition) is 6. The molecule has 1 N–H and O–H groups in total. The molecular formula is C14H17N3O3S. The zero-order valence-corrected chi connectivity index (χ0v) is 13.0. The summed E-state index contributed by atoms with van der Waals surface area (Å²) in [5.41, 5.74) is 0.869. The Kier molecular flexibility index (Phi) is 3.77. The molecule has 0 saturated heterocycles. The van der Waals surface area contributed by atoms with Gasteiger partial charge in [-0.3, -0.25) is 4.79 Å². The second-order valence-electron chi connectivity index (χ2n) is 5.07. The topological polar surface area (TPSA) is 73.3 Å². The van der Waals surface area contributed by atoms with Crippen LogP contribution < -0.4 is 10.1 Å². The van der Waals surface area contributed by atoms with Crippen LogP contribution in [0.4, 0.5) is 0 Å². The lowest BCUT2D eigenvalue weighted by Gasteiger charge is -2.05. The van der Waals surface area contributed by atoms with E-state index >= 15 is 0 Å². The van der Waals surface area contributed by atoms with Crippen LogP contribution in [0.5, 0.6) is 5.88 Å². The van der Waals surface area contributed by atoms with Gasteiger partial charge in [-0.05, 0) is 25.3 Å². The van der Waals surface area contributed by atoms with Crippen molar-refractivity contribution in [2.24, 2.45) is 0 Å². The largest absolute Gasteiger partial charge is 0.480 e. The number of ether oxygens (including phenoxy) is 2. The van der Waals surface area contributed by atoms with E-state index in [-0.39, 0.29) is 5.91 Å². The summed E-state index contributed by atoms with van der Waals surface area (Å²) in [5.74, 6) is 1.01. The van der Waals surface area contributed by atoms with Crippen molar-refractivity contribution in [1.29, 1.82) is 0 Å². The first-order valence-corrected chi connectivity index (χ1v) is 7.59. The number of nitrogens with zero attached hydrogens (tertiary/aromatic N) is 2. The number of aromatic nitrogens is 2. The van der Waals surface area contributed by atoms with Gasteiger partial charge >= 0.3 is 0 Å². The zero-order chi connectivity index (χ0) is 15.0. The summed E-state index contributed by atoms with van der Waals surface area (Å²) in [6, 6.07) is 0.333. The van der Waals surface area contributed by atoms with E-state index in [2.05, 4.69) is 15.3 Å². The summed E-state index contributed by atoms with van der Waals surface area (Å²) in [7, 11) is 3.16. The molecule has 3 rings (SSSR count). The van der Waals surface area contributed by atoms with Crippen molar-refractivity contribution in [1.82, 2.24) is 15.3 Å². The highest BCUT2D eigenvalue weighted by molar-refractivity contribution is 7.20. The monoisotopic (exact) mass is 307 g/mol. The molecule has 7 heteroatoms. The first kappa shape index (κ1) is 14.2. The van der Waals surface area contributed by atoms with Gasteiger partial charge in [-0.25, -0.2) is 4.98 Å². The standard InChI is InChI=1S/C14H17N3O3S/c1-7-10-13(20-3)16-9(6-19-2)17-14(10)21-11(7)12(18)15-8-4-5-8/h8H,4-6H2,1-3H3,(H,15,18). The van der Waals surface area contributed by atoms with E-state index in [1.807, 2.05) is 6.92 Å². The van der Waals surface area contributed by atoms with Crippen LogP contribution in [0.15, 0.2) is 0 Å². The third-order valence-electron chi connectivity index (χ3n) is 3.39. The predicted molar refractivity (Wildman–Crippen MR) is 79.9 cm³/mol. The van der Waals surface area contributed by atoms with Gasteiger partial charge < -0.3 is 14.8 Å². The molecule has 1 saturated carbocycles. The molecule has 1 amide bonds. The Morgan fingerprint density at radius 2 is 2.14 bits per heavy atom. The highest BCUT2D eigenvalue weighted by Gasteiger charge is 2.27. The van der Waals surface area contributed by atoms with Crippen molar-refractivity contribution in [2.75, 3.05) is 14.2 Å². The minimum absolute atomic E-state index is 0.0339. The van der Waals surface area contributed by atoms with Crippen LogP contribution in [0.1, 0.15) is 33.9 Å². The molecule has 0 bridgehead atoms. The Morgan fingerprint density at radius 1 is 1.38 bits per heavy atom. The minimum Gasteiger partial charge on any atom is -0.480 e. The molecule has 2 heterocycles. The Bertz CT molecular complexity index is 694. The number of rotatable bonds is 5. The lowest BCUT2D eigenvalue weighted by atomic mass is 10.2. The van der Waals surface area contributed by atoms with E-state index < -0.39 is 0 Å². The van der Waals surface area contributed by atoms with Gasteiger partial charge in [-0.1, -0.05) is 0 Å². The fraction of sp³-hybridized carbons (Fsp3) is 0.500. The number of carbonyl (C=O) groups excluding carboxylic acids is 1. The van der Waals surface area contributed by atoms with Gasteiger partial charge in [0.2, 0.25) is 5.88 Å². The average molecular weight is 307 g/mol. The van der Waals surface area contributed by atoms with Crippen LogP contribution >= 0.6 is 11.3 Å². The number of aryl methyl sites for hydroxylation is 1. The molecule has 0 aliphatic heterocycles. The van der Waals surface area contributed by atoms with Gasteiger partial charge in [0.25, 0.3) is 5.91 Å². The number of methoxy groups -OCH3 is 2. The Balaban J connectivity index is 2.06. The molecule has 2 aromatic rings. The number of thiophene rings is 1. The van der Waals surface area contributed by atoms with E-state index in [1.54, 1.807) is 14.2 Å². The van der Waals surface area contributed by atoms with Crippen LogP contribution in [0.3, 0.4) is 0 Å². The maximum atomic E-state index is 12.3. The average Bonchev–Trinajstić information content (AvgIpc) is 3.21. The third-order valence-corrected chi connectivity index (χ3v) is 4.57. The van der Waals surface area contributed by atoms with Gasteiger partial charge in [0.1, 0.15) is 11.4 Å². The Labute approximate surface area is 126 Å². The maximum absolute atomic E-state index is 12.3. The van der Waals surface area contributed by atoms with E-state index in [0.717, 1.165) is 28.6 Å². The summed E-state index contributed by atoms with van der Waals surface area (Å²) in [6.07, 6.45) is 2.13. The number of fused-ring (bicyclic) bond motifs is 1. The lowest BCUT2D eigenvalue weighted by Crippen LogP contribution is -2.24. The molecule has 6 nitrogen and oxygen atoms in total. The highest BCUT2D eigenvalue weighted by atomic mass is 32.1. The van der Waals surface area contributed by atoms with Gasteiger partial charge in [-0.2, -0.15) is 4.98 Å². The second kappa shape index (κ2) is 5.57. The summed E-state index contributed by atoms with van der Waals surface area (Å²) < 4.78 is 10.4. The number of hydrogen-bond donors (Lipinski definition) is 1. The van der Waals surface area contributed by atoms with Crippen LogP contribution in [0, 0.1) is 6.92 Å². The normalized spacial score (nSPS) is 14.4. The first-order valence-electron chi connectivity index (χ1n) is 6.77. The predicted octanol–water partition coefficient (Wildman–Crippen LogP) is 2.05. The highest BCUT2D eigenvalue weighted by Crippen LogP contribution is 2.35. The molecule has 1 aliphatic rings. The van der Waals surface area contributed by atoms with Crippen molar-refractivity contribution < 1.29 is 14.3 Å². The van der Waals surface area contributed by atoms with Crippen molar-refractivity contribution in [3.63, 3.8) is 0 Å². The molecule has 2 aromatic heterocycles. The molecule has 0 atom stereocenters. The third kappa shape index (κ3) is 2.71. The lowest BCUT2D eigenvalue weighted by molar-refractivity contribution is 0.0954. The van der Waals surface area contributed by atoms with Crippen molar-refractivity contribution in [3.8, 4) is 5.88 Å². The Morgan fingerprint density at radius 3 is 2.76 bits per heavy atom. The summed E-state index contributed by atoms with van der Waals surface area (Å²) in [4.78, 5) is 22.5. The first-order chi connectivity index (χ1) is 10.1. The Hall–Kier alpha value is -1.73. The van der Waals surface area contributed by atoms with Gasteiger partial charge in [-0.15, -0.1) is 11.3 Å². The van der Waals surface area contributed by atoms with Crippen molar-refractivity contribution >= 4 is 27.5 Å². The quantitative estimate of drug-likeness (QED) is 0.915. The van der Waals surface area contributed by atoms with Crippen molar-refractivity contribution in [3.05, 3.63) is 16.3 Å². The molecule has 0 radical (unpaired) electrons. The molecule has 1 aliphatic carbocycles. The smallest absolute Gasteiger partial charge is 0.261 e. The summed E-state index contributed by atoms with van der Waals surface area (Å²) in [6.45, 7) is 2.22. The van der Waals surface area contributed by atoms with Crippen LogP contribution in [-0.2, 0) is 11.3 Å². The van der Waals surface area contributed by atoms with E-state index in [4.69, 9.17) is 9.47 Å². The fourth-order valence-electron chi connectivity index (χ4n) is 2.18.